The molecule has 3 N–H and O–H groups in total. The lowest BCUT2D eigenvalue weighted by Gasteiger charge is -2.09. The predicted molar refractivity (Wildman–Crippen MR) is 112 cm³/mol. The first-order chi connectivity index (χ1) is 14.1. The number of phenolic OH excluding ortho intramolecular Hbond substituents is 1. The number of carbonyl (C=O) groups is 2. The van der Waals surface area contributed by atoms with Crippen LogP contribution in [0.4, 0.5) is 18.9 Å². The molecule has 0 aliphatic rings. The number of benzene rings is 2. The largest absolute Gasteiger partial charge is 0.504 e. The van der Waals surface area contributed by atoms with Crippen molar-refractivity contribution in [3.05, 3.63) is 51.1 Å². The molecule has 30 heavy (non-hydrogen) atoms. The molecule has 2 amide bonds. The maximum absolute atomic E-state index is 12.7. The first-order valence-electron chi connectivity index (χ1n) is 8.45. The van der Waals surface area contributed by atoms with E-state index in [4.69, 9.17) is 4.74 Å². The summed E-state index contributed by atoms with van der Waals surface area (Å²) in [5, 5.41) is 15.9. The van der Waals surface area contributed by atoms with Crippen LogP contribution in [0.1, 0.15) is 24.0 Å². The van der Waals surface area contributed by atoms with E-state index in [1.165, 1.54) is 31.5 Å². The molecule has 7 nitrogen and oxygen atoms in total. The fourth-order valence-electron chi connectivity index (χ4n) is 2.28. The fraction of sp³-hybridized carbons (Fsp3) is 0.211. The van der Waals surface area contributed by atoms with Crippen LogP contribution < -0.4 is 15.5 Å². The number of hydrazone groups is 1. The predicted octanol–water partition coefficient (Wildman–Crippen LogP) is 3.89. The number of nitrogens with one attached hydrogen (secondary N) is 2. The molecule has 0 spiro atoms. The summed E-state index contributed by atoms with van der Waals surface area (Å²) in [7, 11) is 1.40. The molecule has 0 bridgehead atoms. The van der Waals surface area contributed by atoms with Gasteiger partial charge in [-0.3, -0.25) is 9.59 Å². The Labute approximate surface area is 183 Å². The van der Waals surface area contributed by atoms with Gasteiger partial charge in [-0.25, -0.2) is 5.43 Å². The third kappa shape index (κ3) is 6.90. The third-order valence-electron chi connectivity index (χ3n) is 3.73. The summed E-state index contributed by atoms with van der Waals surface area (Å²) in [5.41, 5.74) is 1.92. The van der Waals surface area contributed by atoms with Crippen molar-refractivity contribution in [2.45, 2.75) is 19.0 Å². The highest BCUT2D eigenvalue weighted by atomic mass is 127. The minimum absolute atomic E-state index is 0.00827. The van der Waals surface area contributed by atoms with Gasteiger partial charge in [0.1, 0.15) is 0 Å². The Kier molecular flexibility index (Phi) is 8.03. The van der Waals surface area contributed by atoms with E-state index >= 15 is 0 Å². The zero-order valence-corrected chi connectivity index (χ0v) is 17.7. The number of nitrogens with zero attached hydrogens (tertiary/aromatic N) is 1. The van der Waals surface area contributed by atoms with Crippen molar-refractivity contribution in [3.8, 4) is 11.5 Å². The van der Waals surface area contributed by atoms with Gasteiger partial charge < -0.3 is 15.2 Å². The lowest BCUT2D eigenvalue weighted by molar-refractivity contribution is -0.137. The summed E-state index contributed by atoms with van der Waals surface area (Å²) in [6, 6.07) is 7.36. The molecule has 0 atom stereocenters. The molecule has 11 heteroatoms. The van der Waals surface area contributed by atoms with E-state index < -0.39 is 23.6 Å². The van der Waals surface area contributed by atoms with Crippen molar-refractivity contribution in [3.63, 3.8) is 0 Å². The quantitative estimate of drug-likeness (QED) is 0.285. The molecule has 0 heterocycles. The average Bonchev–Trinajstić information content (AvgIpc) is 2.68. The van der Waals surface area contributed by atoms with Crippen molar-refractivity contribution in [1.29, 1.82) is 0 Å². The van der Waals surface area contributed by atoms with Gasteiger partial charge in [0, 0.05) is 18.5 Å². The van der Waals surface area contributed by atoms with E-state index in [1.54, 1.807) is 6.07 Å². The number of alkyl halides is 3. The van der Waals surface area contributed by atoms with Gasteiger partial charge in [-0.2, -0.15) is 18.3 Å². The van der Waals surface area contributed by atoms with Crippen molar-refractivity contribution >= 4 is 46.3 Å². The third-order valence-corrected chi connectivity index (χ3v) is 4.55. The Balaban J connectivity index is 1.84. The molecule has 0 aliphatic heterocycles. The topological polar surface area (TPSA) is 100 Å². The summed E-state index contributed by atoms with van der Waals surface area (Å²) in [6.07, 6.45) is -3.62. The smallest absolute Gasteiger partial charge is 0.416 e. The van der Waals surface area contributed by atoms with Gasteiger partial charge in [0.25, 0.3) is 0 Å². The average molecular weight is 535 g/mol. The first kappa shape index (κ1) is 23.4. The minimum Gasteiger partial charge on any atom is -0.504 e. The van der Waals surface area contributed by atoms with E-state index in [0.29, 0.717) is 9.13 Å². The van der Waals surface area contributed by atoms with Crippen LogP contribution in [-0.2, 0) is 15.8 Å². The molecule has 0 saturated carbocycles. The highest BCUT2D eigenvalue weighted by Gasteiger charge is 2.30. The number of hydrogen-bond acceptors (Lipinski definition) is 5. The molecule has 0 unspecified atom stereocenters. The maximum atomic E-state index is 12.7. The van der Waals surface area contributed by atoms with Gasteiger partial charge in [-0.1, -0.05) is 6.07 Å². The Morgan fingerprint density at radius 1 is 1.20 bits per heavy atom. The second kappa shape index (κ2) is 10.3. The van der Waals surface area contributed by atoms with E-state index in [9.17, 15) is 27.9 Å². The number of rotatable bonds is 7. The number of ether oxygens (including phenoxy) is 1. The van der Waals surface area contributed by atoms with Crippen LogP contribution in [0.5, 0.6) is 11.5 Å². The van der Waals surface area contributed by atoms with Gasteiger partial charge >= 0.3 is 6.18 Å². The molecule has 0 fully saturated rings. The number of halogens is 4. The monoisotopic (exact) mass is 535 g/mol. The van der Waals surface area contributed by atoms with Crippen molar-refractivity contribution in [1.82, 2.24) is 5.43 Å². The second-order valence-corrected chi connectivity index (χ2v) is 7.14. The van der Waals surface area contributed by atoms with Crippen LogP contribution >= 0.6 is 22.6 Å². The van der Waals surface area contributed by atoms with Crippen molar-refractivity contribution < 1.29 is 32.6 Å². The number of hydrogen-bond donors (Lipinski definition) is 3. The van der Waals surface area contributed by atoms with E-state index in [0.717, 1.165) is 12.1 Å². The minimum atomic E-state index is -4.52. The molecular formula is C19H17F3IN3O4. The molecular weight excluding hydrogens is 518 g/mol. The number of phenols is 1. The van der Waals surface area contributed by atoms with Gasteiger partial charge in [0.2, 0.25) is 11.8 Å². The molecule has 0 radical (unpaired) electrons. The maximum Gasteiger partial charge on any atom is 0.416 e. The molecule has 2 aromatic rings. The number of amides is 2. The summed E-state index contributed by atoms with van der Waals surface area (Å²) >= 11 is 1.91. The van der Waals surface area contributed by atoms with Gasteiger partial charge in [0.15, 0.2) is 11.5 Å². The SMILES string of the molecule is COc1cc(C=NNC(=O)CCC(=O)Nc2cccc(C(F)(F)F)c2)cc(I)c1O. The molecule has 2 aromatic carbocycles. The number of methoxy groups -OCH3 is 1. The highest BCUT2D eigenvalue weighted by Crippen LogP contribution is 2.32. The zero-order valence-electron chi connectivity index (χ0n) is 15.6. The Bertz CT molecular complexity index is 965. The van der Waals surface area contributed by atoms with E-state index in [-0.39, 0.29) is 30.0 Å². The molecule has 0 aliphatic carbocycles. The van der Waals surface area contributed by atoms with Gasteiger partial charge in [-0.05, 0) is 58.5 Å². The summed E-state index contributed by atoms with van der Waals surface area (Å²) in [5.74, 6) is -0.913. The number of anilines is 1. The van der Waals surface area contributed by atoms with Crippen LogP contribution in [0.15, 0.2) is 41.5 Å². The van der Waals surface area contributed by atoms with Crippen LogP contribution in [0.3, 0.4) is 0 Å². The Morgan fingerprint density at radius 3 is 2.57 bits per heavy atom. The number of aromatic hydroxyl groups is 1. The zero-order chi connectivity index (χ0) is 22.3. The van der Waals surface area contributed by atoms with Crippen LogP contribution in [0.2, 0.25) is 0 Å². The Hall–Kier alpha value is -2.83. The first-order valence-corrected chi connectivity index (χ1v) is 9.53. The highest BCUT2D eigenvalue weighted by molar-refractivity contribution is 14.1. The summed E-state index contributed by atoms with van der Waals surface area (Å²) in [6.45, 7) is 0. The summed E-state index contributed by atoms with van der Waals surface area (Å²) in [4.78, 5) is 23.7. The number of carbonyl (C=O) groups excluding carboxylic acids is 2. The van der Waals surface area contributed by atoms with E-state index in [2.05, 4.69) is 15.8 Å². The van der Waals surface area contributed by atoms with Gasteiger partial charge in [0.05, 0.1) is 22.5 Å². The van der Waals surface area contributed by atoms with Gasteiger partial charge in [-0.15, -0.1) is 0 Å². The van der Waals surface area contributed by atoms with Crippen LogP contribution in [0.25, 0.3) is 0 Å². The molecule has 0 saturated heterocycles. The van der Waals surface area contributed by atoms with Crippen molar-refractivity contribution in [2.24, 2.45) is 5.10 Å². The lowest BCUT2D eigenvalue weighted by Crippen LogP contribution is -2.20. The molecule has 160 valence electrons. The molecule has 2 rings (SSSR count). The van der Waals surface area contributed by atoms with Crippen molar-refractivity contribution in [2.75, 3.05) is 12.4 Å². The standard InChI is InChI=1S/C19H17F3IN3O4/c1-30-15-8-11(7-14(23)18(15)29)10-24-26-17(28)6-5-16(27)25-13-4-2-3-12(9-13)19(20,21)22/h2-4,7-10,29H,5-6H2,1H3,(H,25,27)(H,26,28). The Morgan fingerprint density at radius 2 is 1.90 bits per heavy atom. The van der Waals surface area contributed by atoms with E-state index in [1.807, 2.05) is 22.6 Å². The van der Waals surface area contributed by atoms with Crippen LogP contribution in [0, 0.1) is 3.57 Å². The fourth-order valence-corrected chi connectivity index (χ4v) is 2.91. The lowest BCUT2D eigenvalue weighted by atomic mass is 10.2. The second-order valence-electron chi connectivity index (χ2n) is 5.97. The van der Waals surface area contributed by atoms with Crippen LogP contribution in [-0.4, -0.2) is 30.2 Å². The molecule has 0 aromatic heterocycles. The summed E-state index contributed by atoms with van der Waals surface area (Å²) < 4.78 is 43.6. The normalized spacial score (nSPS) is 11.4.